The molecule has 0 aromatic carbocycles. The highest BCUT2D eigenvalue weighted by molar-refractivity contribution is 5.54. The Morgan fingerprint density at radius 3 is 2.60 bits per heavy atom. The lowest BCUT2D eigenvalue weighted by Crippen LogP contribution is -2.33. The van der Waals surface area contributed by atoms with Gasteiger partial charge in [-0.3, -0.25) is 0 Å². The molecule has 2 fully saturated rings. The average molecular weight is 351 g/mol. The van der Waals surface area contributed by atoms with E-state index in [9.17, 15) is 19.1 Å². The van der Waals surface area contributed by atoms with Crippen LogP contribution in [-0.2, 0) is 0 Å². The summed E-state index contributed by atoms with van der Waals surface area (Å²) in [5.74, 6) is -1.80. The van der Waals surface area contributed by atoms with Gasteiger partial charge in [-0.15, -0.1) is 0 Å². The summed E-state index contributed by atoms with van der Waals surface area (Å²) in [6.07, 6.45) is 4.83. The van der Waals surface area contributed by atoms with Gasteiger partial charge in [0.15, 0.2) is 0 Å². The van der Waals surface area contributed by atoms with Crippen LogP contribution < -0.4 is 10.6 Å². The summed E-state index contributed by atoms with van der Waals surface area (Å²) >= 11 is 0. The first kappa shape index (κ1) is 17.8. The normalized spacial score (nSPS) is 26.6. The van der Waals surface area contributed by atoms with Gasteiger partial charge in [-0.2, -0.15) is 10.2 Å². The van der Waals surface area contributed by atoms with Crippen LogP contribution in [0.4, 0.5) is 20.5 Å². The van der Waals surface area contributed by atoms with Crippen LogP contribution in [0.25, 0.3) is 0 Å². The van der Waals surface area contributed by atoms with Crippen molar-refractivity contribution in [1.82, 2.24) is 9.97 Å². The van der Waals surface area contributed by atoms with E-state index in [0.29, 0.717) is 36.6 Å². The van der Waals surface area contributed by atoms with Crippen LogP contribution in [0, 0.1) is 11.3 Å². The minimum absolute atomic E-state index is 0.0620. The molecule has 0 saturated heterocycles. The predicted octanol–water partition coefficient (Wildman–Crippen LogP) is 3.05. The fourth-order valence-electron chi connectivity index (χ4n) is 3.50. The van der Waals surface area contributed by atoms with Gasteiger partial charge in [-0.1, -0.05) is 0 Å². The fourth-order valence-corrected chi connectivity index (χ4v) is 3.50. The molecule has 1 aromatic rings. The van der Waals surface area contributed by atoms with Crippen LogP contribution in [0.5, 0.6) is 0 Å². The molecule has 136 valence electrons. The van der Waals surface area contributed by atoms with Gasteiger partial charge in [-0.05, 0) is 38.5 Å². The SMILES string of the molecule is N#Cc1cnc(NC2CCC(F)(F)CC2)nc1N[C@@H]1CCC[C@H](O)C1. The molecule has 0 unspecified atom stereocenters. The molecule has 25 heavy (non-hydrogen) atoms. The van der Waals surface area contributed by atoms with Crippen molar-refractivity contribution in [1.29, 1.82) is 5.26 Å². The summed E-state index contributed by atoms with van der Waals surface area (Å²) in [7, 11) is 0. The van der Waals surface area contributed by atoms with Crippen LogP contribution in [0.2, 0.25) is 0 Å². The van der Waals surface area contributed by atoms with Gasteiger partial charge in [0.25, 0.3) is 0 Å². The second kappa shape index (κ2) is 7.48. The van der Waals surface area contributed by atoms with E-state index in [4.69, 9.17) is 0 Å². The van der Waals surface area contributed by atoms with E-state index in [1.165, 1.54) is 6.20 Å². The minimum atomic E-state index is -2.57. The number of aliphatic hydroxyl groups is 1. The molecular formula is C17H23F2N5O. The van der Waals surface area contributed by atoms with E-state index in [1.54, 1.807) is 0 Å². The minimum Gasteiger partial charge on any atom is -0.393 e. The second-order valence-electron chi connectivity index (χ2n) is 7.00. The summed E-state index contributed by atoms with van der Waals surface area (Å²) in [4.78, 5) is 8.50. The van der Waals surface area contributed by atoms with Crippen molar-refractivity contribution in [2.24, 2.45) is 0 Å². The van der Waals surface area contributed by atoms with E-state index in [-0.39, 0.29) is 31.0 Å². The lowest BCUT2D eigenvalue weighted by Gasteiger charge is -2.29. The Kier molecular flexibility index (Phi) is 5.33. The molecule has 2 saturated carbocycles. The smallest absolute Gasteiger partial charge is 0.248 e. The quantitative estimate of drug-likeness (QED) is 0.772. The molecule has 0 bridgehead atoms. The summed E-state index contributed by atoms with van der Waals surface area (Å²) in [6, 6.07) is 2.04. The lowest BCUT2D eigenvalue weighted by molar-refractivity contribution is -0.0361. The van der Waals surface area contributed by atoms with Crippen molar-refractivity contribution in [3.05, 3.63) is 11.8 Å². The highest BCUT2D eigenvalue weighted by Gasteiger charge is 2.35. The van der Waals surface area contributed by atoms with Crippen molar-refractivity contribution in [3.63, 3.8) is 0 Å². The number of aromatic nitrogens is 2. The molecular weight excluding hydrogens is 328 g/mol. The number of alkyl halides is 2. The Balaban J connectivity index is 1.66. The first-order valence-corrected chi connectivity index (χ1v) is 8.81. The third-order valence-corrected chi connectivity index (χ3v) is 4.95. The first-order valence-electron chi connectivity index (χ1n) is 8.81. The van der Waals surface area contributed by atoms with Gasteiger partial charge in [-0.25, -0.2) is 13.8 Å². The largest absolute Gasteiger partial charge is 0.393 e. The number of anilines is 2. The molecule has 2 aliphatic carbocycles. The van der Waals surface area contributed by atoms with E-state index >= 15 is 0 Å². The summed E-state index contributed by atoms with van der Waals surface area (Å²) in [6.45, 7) is 0. The van der Waals surface area contributed by atoms with E-state index in [1.807, 2.05) is 0 Å². The molecule has 0 radical (unpaired) electrons. The highest BCUT2D eigenvalue weighted by atomic mass is 19.3. The van der Waals surface area contributed by atoms with E-state index in [0.717, 1.165) is 19.3 Å². The molecule has 1 heterocycles. The molecule has 3 rings (SSSR count). The second-order valence-corrected chi connectivity index (χ2v) is 7.00. The standard InChI is InChI=1S/C17H23F2N5O/c18-17(19)6-4-12(5-7-17)23-16-21-10-11(9-20)15(24-16)22-13-2-1-3-14(25)8-13/h10,12-14,25H,1-8H2,(H2,21,22,23,24)/t13-,14+/m1/s1. The number of halogens is 2. The maximum atomic E-state index is 13.2. The highest BCUT2D eigenvalue weighted by Crippen LogP contribution is 2.34. The Bertz CT molecular complexity index is 638. The number of hydrogen-bond donors (Lipinski definition) is 3. The molecule has 3 N–H and O–H groups in total. The Hall–Kier alpha value is -2.01. The zero-order valence-corrected chi connectivity index (χ0v) is 14.0. The fraction of sp³-hybridized carbons (Fsp3) is 0.706. The van der Waals surface area contributed by atoms with Crippen molar-refractivity contribution >= 4 is 11.8 Å². The molecule has 0 spiro atoms. The van der Waals surface area contributed by atoms with Gasteiger partial charge in [0.05, 0.1) is 12.3 Å². The van der Waals surface area contributed by atoms with Crippen LogP contribution in [0.15, 0.2) is 6.20 Å². The Labute approximate surface area is 145 Å². The Morgan fingerprint density at radius 2 is 1.92 bits per heavy atom. The molecule has 1 aromatic heterocycles. The van der Waals surface area contributed by atoms with E-state index in [2.05, 4.69) is 26.7 Å². The van der Waals surface area contributed by atoms with Crippen molar-refractivity contribution in [2.45, 2.75) is 75.5 Å². The molecule has 2 atom stereocenters. The first-order chi connectivity index (χ1) is 11.9. The van der Waals surface area contributed by atoms with Crippen LogP contribution in [-0.4, -0.2) is 39.2 Å². The van der Waals surface area contributed by atoms with Gasteiger partial charge in [0, 0.05) is 24.9 Å². The maximum Gasteiger partial charge on any atom is 0.248 e. The molecule has 6 nitrogen and oxygen atoms in total. The maximum absolute atomic E-state index is 13.2. The van der Waals surface area contributed by atoms with Crippen molar-refractivity contribution < 1.29 is 13.9 Å². The molecule has 0 amide bonds. The zero-order valence-electron chi connectivity index (χ0n) is 14.0. The topological polar surface area (TPSA) is 93.9 Å². The molecule has 0 aliphatic heterocycles. The Morgan fingerprint density at radius 1 is 1.16 bits per heavy atom. The number of nitrogens with one attached hydrogen (secondary N) is 2. The number of aliphatic hydroxyl groups excluding tert-OH is 1. The third-order valence-electron chi connectivity index (χ3n) is 4.95. The van der Waals surface area contributed by atoms with Crippen LogP contribution >= 0.6 is 0 Å². The van der Waals surface area contributed by atoms with Crippen molar-refractivity contribution in [2.75, 3.05) is 10.6 Å². The number of nitrogens with zero attached hydrogens (tertiary/aromatic N) is 3. The average Bonchev–Trinajstić information content (AvgIpc) is 2.57. The van der Waals surface area contributed by atoms with Gasteiger partial charge in [0.1, 0.15) is 17.5 Å². The van der Waals surface area contributed by atoms with Gasteiger partial charge < -0.3 is 15.7 Å². The number of hydrogen-bond acceptors (Lipinski definition) is 6. The molecule has 8 heteroatoms. The van der Waals surface area contributed by atoms with Crippen molar-refractivity contribution in [3.8, 4) is 6.07 Å². The van der Waals surface area contributed by atoms with Crippen LogP contribution in [0.1, 0.15) is 56.9 Å². The van der Waals surface area contributed by atoms with E-state index < -0.39 is 5.92 Å². The zero-order chi connectivity index (χ0) is 17.9. The number of nitriles is 1. The summed E-state index contributed by atoms with van der Waals surface area (Å²) in [5.41, 5.74) is 0.334. The van der Waals surface area contributed by atoms with Gasteiger partial charge >= 0.3 is 0 Å². The van der Waals surface area contributed by atoms with Gasteiger partial charge in [0.2, 0.25) is 11.9 Å². The number of rotatable bonds is 4. The monoisotopic (exact) mass is 351 g/mol. The summed E-state index contributed by atoms with van der Waals surface area (Å²) < 4.78 is 26.5. The van der Waals surface area contributed by atoms with Crippen LogP contribution in [0.3, 0.4) is 0 Å². The molecule has 2 aliphatic rings. The lowest BCUT2D eigenvalue weighted by atomic mass is 9.92. The predicted molar refractivity (Wildman–Crippen MR) is 89.5 cm³/mol. The summed E-state index contributed by atoms with van der Waals surface area (Å²) in [5, 5.41) is 25.4. The third kappa shape index (κ3) is 4.75.